The van der Waals surface area contributed by atoms with E-state index < -0.39 is 35.5 Å². The molecule has 1 unspecified atom stereocenters. The molecule has 0 radical (unpaired) electrons. The van der Waals surface area contributed by atoms with Crippen LogP contribution >= 0.6 is 0 Å². The van der Waals surface area contributed by atoms with Gasteiger partial charge in [0.05, 0.1) is 12.0 Å². The normalized spacial score (nSPS) is 16.8. The van der Waals surface area contributed by atoms with Crippen molar-refractivity contribution in [3.8, 4) is 0 Å². The van der Waals surface area contributed by atoms with Gasteiger partial charge in [0.2, 0.25) is 0 Å². The second kappa shape index (κ2) is 5.89. The van der Waals surface area contributed by atoms with Gasteiger partial charge in [-0.15, -0.1) is 0 Å². The zero-order valence-electron chi connectivity index (χ0n) is 13.6. The Morgan fingerprint density at radius 2 is 1.21 bits per heavy atom. The van der Waals surface area contributed by atoms with Crippen LogP contribution in [0.5, 0.6) is 0 Å². The first-order valence-corrected chi connectivity index (χ1v) is 7.08. The summed E-state index contributed by atoms with van der Waals surface area (Å²) in [5, 5.41) is 10.3. The lowest BCUT2D eigenvalue weighted by molar-refractivity contribution is -0.361. The molecule has 24 heavy (non-hydrogen) atoms. The minimum absolute atomic E-state index is 0.116. The van der Waals surface area contributed by atoms with Crippen molar-refractivity contribution in [2.75, 3.05) is 0 Å². The van der Waals surface area contributed by atoms with Crippen LogP contribution < -0.4 is 0 Å². The molecule has 0 bridgehead atoms. The van der Waals surface area contributed by atoms with Crippen LogP contribution in [0.4, 0.5) is 30.7 Å². The summed E-state index contributed by atoms with van der Waals surface area (Å²) in [4.78, 5) is 0. The molecule has 0 aromatic heterocycles. The molecule has 1 aromatic rings. The van der Waals surface area contributed by atoms with Gasteiger partial charge < -0.3 is 5.11 Å². The summed E-state index contributed by atoms with van der Waals surface area (Å²) in [5.41, 5.74) is -2.96. The van der Waals surface area contributed by atoms with Gasteiger partial charge in [0.15, 0.2) is 0 Å². The Morgan fingerprint density at radius 3 is 1.58 bits per heavy atom. The van der Waals surface area contributed by atoms with Crippen LogP contribution in [0.1, 0.15) is 45.2 Å². The molecule has 8 heteroatoms. The predicted molar refractivity (Wildman–Crippen MR) is 75.3 cm³/mol. The van der Waals surface area contributed by atoms with Crippen molar-refractivity contribution in [3.05, 3.63) is 35.4 Å². The molecule has 0 aliphatic heterocycles. The zero-order chi connectivity index (χ0) is 19.2. The van der Waals surface area contributed by atoms with Crippen LogP contribution in [0.15, 0.2) is 24.3 Å². The van der Waals surface area contributed by atoms with Gasteiger partial charge in [-0.3, -0.25) is 0 Å². The first-order chi connectivity index (χ1) is 10.4. The number of alkyl halides is 7. The van der Waals surface area contributed by atoms with E-state index in [1.807, 2.05) is 0 Å². The Balaban J connectivity index is 3.34. The topological polar surface area (TPSA) is 20.2 Å². The summed E-state index contributed by atoms with van der Waals surface area (Å²) in [7, 11) is 0. The van der Waals surface area contributed by atoms with E-state index in [0.29, 0.717) is 5.56 Å². The van der Waals surface area contributed by atoms with E-state index in [4.69, 9.17) is 0 Å². The van der Waals surface area contributed by atoms with Crippen LogP contribution in [0, 0.1) is 0 Å². The van der Waals surface area contributed by atoms with E-state index in [2.05, 4.69) is 0 Å². The number of hydrogen-bond acceptors (Lipinski definition) is 1. The molecule has 0 aliphatic rings. The lowest BCUT2D eigenvalue weighted by atomic mass is 9.76. The van der Waals surface area contributed by atoms with Crippen molar-refractivity contribution in [3.63, 3.8) is 0 Å². The van der Waals surface area contributed by atoms with Crippen molar-refractivity contribution >= 4 is 0 Å². The highest BCUT2D eigenvalue weighted by Gasteiger charge is 2.73. The monoisotopic (exact) mass is 360 g/mol. The summed E-state index contributed by atoms with van der Waals surface area (Å²) in [5.74, 6) is -11.7. The molecular weight excluding hydrogens is 341 g/mol. The van der Waals surface area contributed by atoms with Crippen LogP contribution in [-0.4, -0.2) is 23.1 Å². The van der Waals surface area contributed by atoms with E-state index >= 15 is 0 Å². The maximum Gasteiger partial charge on any atom is 0.459 e. The average Bonchev–Trinajstić information content (AvgIpc) is 2.35. The molecule has 0 fully saturated rings. The summed E-state index contributed by atoms with van der Waals surface area (Å²) >= 11 is 0. The Hall–Kier alpha value is -1.31. The van der Waals surface area contributed by atoms with E-state index in [0.717, 1.165) is 6.92 Å². The van der Waals surface area contributed by atoms with E-state index in [9.17, 15) is 35.8 Å². The van der Waals surface area contributed by atoms with Gasteiger partial charge in [-0.1, -0.05) is 45.0 Å². The first-order valence-electron chi connectivity index (χ1n) is 7.08. The molecule has 0 aliphatic carbocycles. The maximum atomic E-state index is 13.7. The highest BCUT2D eigenvalue weighted by Crippen LogP contribution is 2.51. The lowest BCUT2D eigenvalue weighted by Crippen LogP contribution is -2.54. The van der Waals surface area contributed by atoms with Crippen LogP contribution in [-0.2, 0) is 11.0 Å². The van der Waals surface area contributed by atoms with Gasteiger partial charge in [0.1, 0.15) is 0 Å². The number of hydrogen-bond donors (Lipinski definition) is 1. The minimum atomic E-state index is -6.42. The number of benzene rings is 1. The molecule has 0 heterocycles. The van der Waals surface area contributed by atoms with Gasteiger partial charge >= 0.3 is 18.0 Å². The number of halogens is 7. The van der Waals surface area contributed by atoms with Gasteiger partial charge in [-0.2, -0.15) is 30.7 Å². The van der Waals surface area contributed by atoms with Crippen molar-refractivity contribution in [2.24, 2.45) is 0 Å². The van der Waals surface area contributed by atoms with Crippen molar-refractivity contribution < 1.29 is 35.8 Å². The largest absolute Gasteiger partial charge is 0.459 e. The van der Waals surface area contributed by atoms with Gasteiger partial charge in [0, 0.05) is 0 Å². The van der Waals surface area contributed by atoms with E-state index in [1.165, 1.54) is 18.2 Å². The Labute approximate surface area is 135 Å². The summed E-state index contributed by atoms with van der Waals surface area (Å²) in [6.07, 6.45) is -8.49. The van der Waals surface area contributed by atoms with Crippen molar-refractivity contribution in [1.29, 1.82) is 0 Å². The van der Waals surface area contributed by atoms with Crippen LogP contribution in [0.3, 0.4) is 0 Å². The Morgan fingerprint density at radius 1 is 0.792 bits per heavy atom. The molecule has 0 spiro atoms. The lowest BCUT2D eigenvalue weighted by Gasteiger charge is -2.36. The molecule has 1 N–H and O–H groups in total. The second-order valence-electron chi connectivity index (χ2n) is 7.02. The predicted octanol–water partition coefficient (Wildman–Crippen LogP) is 5.41. The van der Waals surface area contributed by atoms with E-state index in [1.54, 1.807) is 26.8 Å². The third-order valence-electron chi connectivity index (χ3n) is 3.70. The fourth-order valence-electron chi connectivity index (χ4n) is 2.45. The van der Waals surface area contributed by atoms with Crippen molar-refractivity contribution in [2.45, 2.75) is 63.2 Å². The van der Waals surface area contributed by atoms with Crippen LogP contribution in [0.2, 0.25) is 0 Å². The molecule has 138 valence electrons. The third-order valence-corrected chi connectivity index (χ3v) is 3.70. The highest BCUT2D eigenvalue weighted by molar-refractivity contribution is 5.37. The Bertz CT molecular complexity index is 583. The summed E-state index contributed by atoms with van der Waals surface area (Å²) in [6, 6.07) is 5.69. The zero-order valence-corrected chi connectivity index (χ0v) is 13.6. The number of rotatable bonds is 4. The van der Waals surface area contributed by atoms with E-state index in [-0.39, 0.29) is 5.56 Å². The minimum Gasteiger partial charge on any atom is -0.385 e. The molecule has 0 amide bonds. The maximum absolute atomic E-state index is 13.7. The SMILES string of the molecule is CC(C)(C)c1ccccc1C(C)(O)CC(F)(F)C(F)(F)C(F)(F)F. The molecule has 1 rings (SSSR count). The van der Waals surface area contributed by atoms with Gasteiger partial charge in [-0.25, -0.2) is 0 Å². The highest BCUT2D eigenvalue weighted by atomic mass is 19.4. The molecule has 1 nitrogen and oxygen atoms in total. The third kappa shape index (κ3) is 3.84. The average molecular weight is 360 g/mol. The Kier molecular flexibility index (Phi) is 5.09. The standard InChI is InChI=1S/C16H19F7O/c1-12(2,3)10-7-5-6-8-11(10)13(4,24)9-14(17,18)15(19,20)16(21,22)23/h5-8,24H,9H2,1-4H3. The van der Waals surface area contributed by atoms with Crippen molar-refractivity contribution in [1.82, 2.24) is 0 Å². The molecular formula is C16H19F7O. The molecule has 0 saturated carbocycles. The number of aliphatic hydroxyl groups is 1. The van der Waals surface area contributed by atoms with Gasteiger partial charge in [-0.05, 0) is 23.5 Å². The molecule has 0 saturated heterocycles. The fourth-order valence-corrected chi connectivity index (χ4v) is 2.45. The quantitative estimate of drug-likeness (QED) is 0.712. The summed E-state index contributed by atoms with van der Waals surface area (Å²) < 4.78 is 90.4. The molecule has 1 atom stereocenters. The molecule has 1 aromatic carbocycles. The fraction of sp³-hybridized carbons (Fsp3) is 0.625. The smallest absolute Gasteiger partial charge is 0.385 e. The van der Waals surface area contributed by atoms with Crippen LogP contribution in [0.25, 0.3) is 0 Å². The second-order valence-corrected chi connectivity index (χ2v) is 7.02. The first kappa shape index (κ1) is 20.7. The van der Waals surface area contributed by atoms with Gasteiger partial charge in [0.25, 0.3) is 0 Å². The summed E-state index contributed by atoms with van der Waals surface area (Å²) in [6.45, 7) is 5.90.